The van der Waals surface area contributed by atoms with Gasteiger partial charge in [-0.25, -0.2) is 4.99 Å². The highest BCUT2D eigenvalue weighted by Crippen LogP contribution is 2.02. The first kappa shape index (κ1) is 8.84. The zero-order valence-corrected chi connectivity index (χ0v) is 8.04. The quantitative estimate of drug-likeness (QED) is 0.531. The van der Waals surface area contributed by atoms with Crippen molar-refractivity contribution in [3.05, 3.63) is 35.0 Å². The second-order valence-corrected chi connectivity index (χ2v) is 3.39. The van der Waals surface area contributed by atoms with Crippen LogP contribution in [0.1, 0.15) is 0 Å². The Hall–Kier alpha value is -2.43. The number of fused-ring (bicyclic) bond motifs is 3. The van der Waals surface area contributed by atoms with Crippen molar-refractivity contribution in [1.82, 2.24) is 10.2 Å². The summed E-state index contributed by atoms with van der Waals surface area (Å²) in [6.45, 7) is 0. The molecule has 0 fully saturated rings. The average Bonchev–Trinajstić information content (AvgIpc) is 2.31. The fourth-order valence-electron chi connectivity index (χ4n) is 1.67. The Bertz CT molecular complexity index is 749. The van der Waals surface area contributed by atoms with E-state index in [0.717, 1.165) is 5.39 Å². The van der Waals surface area contributed by atoms with Crippen LogP contribution in [-0.2, 0) is 9.59 Å². The maximum atomic E-state index is 11.2. The number of carbonyl (C=O) groups excluding carboxylic acids is 2. The highest BCUT2D eigenvalue weighted by Gasteiger charge is 2.14. The molecule has 16 heavy (non-hydrogen) atoms. The van der Waals surface area contributed by atoms with Crippen molar-refractivity contribution in [1.29, 1.82) is 0 Å². The first-order valence-electron chi connectivity index (χ1n) is 4.65. The smallest absolute Gasteiger partial charge is 0.284 e. The Balaban J connectivity index is 2.59. The summed E-state index contributed by atoms with van der Waals surface area (Å²) >= 11 is 0. The summed E-state index contributed by atoms with van der Waals surface area (Å²) < 4.78 is 0. The molecule has 1 aromatic carbocycles. The standard InChI is InChI=1S/C11H5N3O2/c15-9-5-6-1-2-8-7(3-4-12-14-8)10(6)13-11(9)16/h1-5H. The molecule has 0 aliphatic carbocycles. The molecule has 5 nitrogen and oxygen atoms in total. The Morgan fingerprint density at radius 2 is 1.94 bits per heavy atom. The summed E-state index contributed by atoms with van der Waals surface area (Å²) in [6, 6.07) is 5.18. The number of aromatic nitrogens is 2. The Labute approximate surface area is 89.1 Å². The van der Waals surface area contributed by atoms with Gasteiger partial charge in [0.25, 0.3) is 0 Å². The summed E-state index contributed by atoms with van der Waals surface area (Å²) in [5.41, 5.74) is 0.653. The summed E-state index contributed by atoms with van der Waals surface area (Å²) in [6.07, 6.45) is 2.82. The van der Waals surface area contributed by atoms with Gasteiger partial charge in [0.1, 0.15) is 0 Å². The SMILES string of the molecule is O=C1C=c2ccc3nnccc3c2=NC1=O. The highest BCUT2D eigenvalue weighted by atomic mass is 16.2. The third kappa shape index (κ3) is 1.15. The van der Waals surface area contributed by atoms with E-state index in [1.54, 1.807) is 18.2 Å². The fraction of sp³-hybridized carbons (Fsp3) is 0. The Kier molecular flexibility index (Phi) is 1.67. The summed E-state index contributed by atoms with van der Waals surface area (Å²) in [5.74, 6) is -1.33. The van der Waals surface area contributed by atoms with Gasteiger partial charge in [-0.1, -0.05) is 6.07 Å². The first-order valence-corrected chi connectivity index (χ1v) is 4.65. The van der Waals surface area contributed by atoms with E-state index in [0.29, 0.717) is 16.1 Å². The lowest BCUT2D eigenvalue weighted by atomic mass is 10.1. The van der Waals surface area contributed by atoms with Crippen LogP contribution in [0.5, 0.6) is 0 Å². The van der Waals surface area contributed by atoms with Gasteiger partial charge in [-0.05, 0) is 12.1 Å². The van der Waals surface area contributed by atoms with E-state index < -0.39 is 11.7 Å². The van der Waals surface area contributed by atoms with Crippen LogP contribution in [0.3, 0.4) is 0 Å². The molecule has 2 aromatic rings. The molecular formula is C11H5N3O2. The zero-order valence-electron chi connectivity index (χ0n) is 8.04. The zero-order chi connectivity index (χ0) is 11.1. The lowest BCUT2D eigenvalue weighted by molar-refractivity contribution is -0.132. The Morgan fingerprint density at radius 3 is 2.81 bits per heavy atom. The van der Waals surface area contributed by atoms with Gasteiger partial charge in [-0.2, -0.15) is 10.2 Å². The second-order valence-electron chi connectivity index (χ2n) is 3.39. The van der Waals surface area contributed by atoms with Crippen LogP contribution >= 0.6 is 0 Å². The normalized spacial score (nSPS) is 14.2. The molecule has 0 saturated heterocycles. The van der Waals surface area contributed by atoms with E-state index in [4.69, 9.17) is 0 Å². The lowest BCUT2D eigenvalue weighted by Crippen LogP contribution is -2.34. The molecule has 0 atom stereocenters. The highest BCUT2D eigenvalue weighted by molar-refractivity contribution is 6.48. The van der Waals surface area contributed by atoms with Gasteiger partial charge in [0.05, 0.1) is 17.1 Å². The van der Waals surface area contributed by atoms with Crippen LogP contribution in [0, 0.1) is 0 Å². The molecule has 1 aliphatic heterocycles. The maximum absolute atomic E-state index is 11.2. The van der Waals surface area contributed by atoms with E-state index >= 15 is 0 Å². The van der Waals surface area contributed by atoms with Gasteiger partial charge >= 0.3 is 5.91 Å². The fourth-order valence-corrected chi connectivity index (χ4v) is 1.67. The molecule has 2 heterocycles. The van der Waals surface area contributed by atoms with Crippen molar-refractivity contribution < 1.29 is 9.59 Å². The number of hydrogen-bond acceptors (Lipinski definition) is 4. The van der Waals surface area contributed by atoms with Crippen molar-refractivity contribution in [2.24, 2.45) is 4.99 Å². The molecule has 0 radical (unpaired) electrons. The second kappa shape index (κ2) is 3.03. The number of benzene rings is 1. The van der Waals surface area contributed by atoms with Gasteiger partial charge < -0.3 is 0 Å². The molecular weight excluding hydrogens is 206 g/mol. The molecule has 76 valence electrons. The van der Waals surface area contributed by atoms with Crippen molar-refractivity contribution in [2.75, 3.05) is 0 Å². The van der Waals surface area contributed by atoms with Crippen LogP contribution in [0.25, 0.3) is 17.0 Å². The number of Topliss-reactive ketones (excluding diaryl/α,β-unsaturated/α-hetero) is 1. The number of rotatable bonds is 0. The van der Waals surface area contributed by atoms with E-state index in [1.165, 1.54) is 12.3 Å². The molecule has 1 aromatic heterocycles. The molecule has 5 heteroatoms. The van der Waals surface area contributed by atoms with Gasteiger partial charge in [0.15, 0.2) is 0 Å². The van der Waals surface area contributed by atoms with E-state index in [2.05, 4.69) is 15.2 Å². The number of nitrogens with zero attached hydrogens (tertiary/aromatic N) is 3. The van der Waals surface area contributed by atoms with Crippen LogP contribution in [0.2, 0.25) is 0 Å². The predicted molar refractivity (Wildman–Crippen MR) is 54.8 cm³/mol. The monoisotopic (exact) mass is 211 g/mol. The molecule has 0 N–H and O–H groups in total. The van der Waals surface area contributed by atoms with Crippen molar-refractivity contribution in [3.8, 4) is 0 Å². The topological polar surface area (TPSA) is 72.3 Å². The van der Waals surface area contributed by atoms with Gasteiger partial charge in [-0.15, -0.1) is 0 Å². The molecule has 3 rings (SSSR count). The predicted octanol–water partition coefficient (Wildman–Crippen LogP) is -0.861. The minimum Gasteiger partial charge on any atom is -0.284 e. The largest absolute Gasteiger partial charge is 0.318 e. The minimum absolute atomic E-state index is 0.497. The number of ketones is 1. The third-order valence-corrected chi connectivity index (χ3v) is 2.41. The van der Waals surface area contributed by atoms with Crippen LogP contribution in [-0.4, -0.2) is 21.9 Å². The Morgan fingerprint density at radius 1 is 1.06 bits per heavy atom. The molecule has 0 bridgehead atoms. The number of carbonyl (C=O) groups is 2. The van der Waals surface area contributed by atoms with Crippen molar-refractivity contribution in [3.63, 3.8) is 0 Å². The van der Waals surface area contributed by atoms with Crippen molar-refractivity contribution >= 4 is 28.7 Å². The molecule has 1 amide bonds. The number of amides is 1. The molecule has 0 unspecified atom stereocenters. The van der Waals surface area contributed by atoms with Crippen molar-refractivity contribution in [2.45, 2.75) is 0 Å². The van der Waals surface area contributed by atoms with Gasteiger partial charge in [0, 0.05) is 16.7 Å². The van der Waals surface area contributed by atoms with Crippen LogP contribution < -0.4 is 10.6 Å². The maximum Gasteiger partial charge on any atom is 0.318 e. The summed E-state index contributed by atoms with van der Waals surface area (Å²) in [5, 5.41) is 9.52. The van der Waals surface area contributed by atoms with Gasteiger partial charge in [0.2, 0.25) is 5.78 Å². The average molecular weight is 211 g/mol. The van der Waals surface area contributed by atoms with Crippen LogP contribution in [0.4, 0.5) is 0 Å². The lowest BCUT2D eigenvalue weighted by Gasteiger charge is -2.00. The third-order valence-electron chi connectivity index (χ3n) is 2.41. The summed E-state index contributed by atoms with van der Waals surface area (Å²) in [4.78, 5) is 26.2. The van der Waals surface area contributed by atoms with Crippen LogP contribution in [0.15, 0.2) is 29.4 Å². The van der Waals surface area contributed by atoms with E-state index in [9.17, 15) is 9.59 Å². The molecule has 1 aliphatic rings. The minimum atomic E-state index is -0.739. The number of hydrogen-bond donors (Lipinski definition) is 0. The molecule has 0 saturated carbocycles. The van der Waals surface area contributed by atoms with Gasteiger partial charge in [-0.3, -0.25) is 9.59 Å². The van der Waals surface area contributed by atoms with E-state index in [-0.39, 0.29) is 0 Å². The molecule has 0 spiro atoms. The summed E-state index contributed by atoms with van der Waals surface area (Å²) in [7, 11) is 0. The first-order chi connectivity index (χ1) is 7.75. The van der Waals surface area contributed by atoms with E-state index in [1.807, 2.05) is 0 Å².